The molecule has 0 spiro atoms. The van der Waals surface area contributed by atoms with Crippen LogP contribution in [0, 0.1) is 10.1 Å². The maximum Gasteiger partial charge on any atom is 0.342 e. The zero-order chi connectivity index (χ0) is 21.0. The molecular formula is C18H24N4O6. The quantitative estimate of drug-likeness (QED) is 0.323. The number of ether oxygens (including phenoxy) is 2. The number of hydrogen-bond donors (Lipinski definition) is 1. The number of dihydropyridines is 1. The Bertz CT molecular complexity index is 867. The van der Waals surface area contributed by atoms with Crippen molar-refractivity contribution in [3.05, 3.63) is 44.7 Å². The van der Waals surface area contributed by atoms with Crippen LogP contribution in [0.15, 0.2) is 28.7 Å². The molecule has 0 bridgehead atoms. The number of nitrogens with zero attached hydrogens (tertiary/aromatic N) is 3. The Hall–Kier alpha value is -3.17. The number of esters is 2. The predicted molar refractivity (Wildman–Crippen MR) is 99.0 cm³/mol. The number of nitrogens with one attached hydrogen (secondary N) is 1. The van der Waals surface area contributed by atoms with Crippen LogP contribution in [0.1, 0.15) is 45.4 Å². The largest absolute Gasteiger partial charge is 0.466 e. The number of carbonyl (C=O) groups is 2. The normalized spacial score (nSPS) is 16.7. The summed E-state index contributed by atoms with van der Waals surface area (Å²) in [5.74, 6) is -2.31. The van der Waals surface area contributed by atoms with Gasteiger partial charge in [-0.05, 0) is 25.2 Å². The molecule has 1 aliphatic heterocycles. The van der Waals surface area contributed by atoms with Gasteiger partial charge in [-0.15, -0.1) is 0 Å². The fourth-order valence-corrected chi connectivity index (χ4v) is 3.14. The van der Waals surface area contributed by atoms with Crippen molar-refractivity contribution in [2.75, 3.05) is 13.7 Å². The van der Waals surface area contributed by atoms with Crippen molar-refractivity contribution in [1.29, 1.82) is 0 Å². The van der Waals surface area contributed by atoms with Crippen LogP contribution in [0.4, 0.5) is 5.82 Å². The highest BCUT2D eigenvalue weighted by molar-refractivity contribution is 5.99. The molecule has 0 aliphatic carbocycles. The van der Waals surface area contributed by atoms with Gasteiger partial charge >= 0.3 is 17.8 Å². The van der Waals surface area contributed by atoms with Gasteiger partial charge in [0.2, 0.25) is 5.82 Å². The summed E-state index contributed by atoms with van der Waals surface area (Å²) in [6, 6.07) is 0. The van der Waals surface area contributed by atoms with Gasteiger partial charge in [-0.3, -0.25) is 0 Å². The molecule has 1 aliphatic rings. The van der Waals surface area contributed by atoms with Crippen LogP contribution in [0.5, 0.6) is 0 Å². The lowest BCUT2D eigenvalue weighted by Gasteiger charge is -2.28. The number of nitro groups is 1. The molecule has 0 saturated carbocycles. The van der Waals surface area contributed by atoms with E-state index in [1.165, 1.54) is 18.7 Å². The second-order valence-corrected chi connectivity index (χ2v) is 6.41. The SMILES string of the molecule is CCCCOC(=O)C1=C(C)NC(C)=C(C(=O)OC)C1c1ncc([N+](=O)[O-])n1C. The molecule has 0 saturated heterocycles. The first-order valence-electron chi connectivity index (χ1n) is 8.84. The summed E-state index contributed by atoms with van der Waals surface area (Å²) in [5, 5.41) is 14.2. The third kappa shape index (κ3) is 3.90. The Balaban J connectivity index is 2.62. The lowest BCUT2D eigenvalue weighted by Crippen LogP contribution is -2.33. The van der Waals surface area contributed by atoms with E-state index < -0.39 is 22.8 Å². The van der Waals surface area contributed by atoms with Gasteiger partial charge in [-0.25, -0.2) is 19.1 Å². The van der Waals surface area contributed by atoms with Crippen LogP contribution in [0.3, 0.4) is 0 Å². The molecule has 152 valence electrons. The van der Waals surface area contributed by atoms with Crippen LogP contribution in [-0.2, 0) is 26.1 Å². The van der Waals surface area contributed by atoms with E-state index in [2.05, 4.69) is 10.3 Å². The average molecular weight is 392 g/mol. The molecule has 0 amide bonds. The molecule has 1 atom stereocenters. The monoisotopic (exact) mass is 392 g/mol. The Morgan fingerprint density at radius 3 is 2.39 bits per heavy atom. The van der Waals surface area contributed by atoms with Crippen molar-refractivity contribution in [3.63, 3.8) is 0 Å². The van der Waals surface area contributed by atoms with E-state index in [1.807, 2.05) is 6.92 Å². The van der Waals surface area contributed by atoms with Gasteiger partial charge in [0.15, 0.2) is 0 Å². The molecule has 2 rings (SSSR count). The summed E-state index contributed by atoms with van der Waals surface area (Å²) in [5.41, 5.74) is 1.29. The average Bonchev–Trinajstić information content (AvgIpc) is 3.02. The molecular weight excluding hydrogens is 368 g/mol. The summed E-state index contributed by atoms with van der Waals surface area (Å²) < 4.78 is 11.5. The second-order valence-electron chi connectivity index (χ2n) is 6.41. The fraction of sp³-hybridized carbons (Fsp3) is 0.500. The summed E-state index contributed by atoms with van der Waals surface area (Å²) in [6.07, 6.45) is 2.64. The lowest BCUT2D eigenvalue weighted by molar-refractivity contribution is -0.391. The highest BCUT2D eigenvalue weighted by Crippen LogP contribution is 2.39. The van der Waals surface area contributed by atoms with Crippen molar-refractivity contribution < 1.29 is 24.0 Å². The number of methoxy groups -OCH3 is 1. The topological polar surface area (TPSA) is 126 Å². The molecule has 1 unspecified atom stereocenters. The summed E-state index contributed by atoms with van der Waals surface area (Å²) in [6.45, 7) is 5.55. The van der Waals surface area contributed by atoms with Gasteiger partial charge in [0.05, 0.1) is 31.9 Å². The van der Waals surface area contributed by atoms with E-state index in [-0.39, 0.29) is 29.4 Å². The van der Waals surface area contributed by atoms with Crippen molar-refractivity contribution >= 4 is 17.8 Å². The summed E-state index contributed by atoms with van der Waals surface area (Å²) in [4.78, 5) is 40.1. The van der Waals surface area contributed by atoms with E-state index in [1.54, 1.807) is 13.8 Å². The van der Waals surface area contributed by atoms with Crippen LogP contribution >= 0.6 is 0 Å². The highest BCUT2D eigenvalue weighted by atomic mass is 16.6. The lowest BCUT2D eigenvalue weighted by atomic mass is 9.84. The molecule has 1 N–H and O–H groups in total. The minimum atomic E-state index is -0.957. The number of rotatable bonds is 7. The Kier molecular flexibility index (Phi) is 6.55. The molecule has 0 aromatic carbocycles. The van der Waals surface area contributed by atoms with E-state index in [9.17, 15) is 19.7 Å². The standard InChI is InChI=1S/C18H24N4O6/c1-6-7-8-28-18(24)14-11(3)20-10(2)13(17(23)27-5)15(14)16-19-9-12(21(16)4)22(25)26/h9,15,20H,6-8H2,1-5H3. The third-order valence-corrected chi connectivity index (χ3v) is 4.56. The summed E-state index contributed by atoms with van der Waals surface area (Å²) >= 11 is 0. The zero-order valence-electron chi connectivity index (χ0n) is 16.6. The number of hydrogen-bond acceptors (Lipinski definition) is 8. The van der Waals surface area contributed by atoms with Crippen molar-refractivity contribution in [2.45, 2.75) is 39.5 Å². The number of aromatic nitrogens is 2. The van der Waals surface area contributed by atoms with E-state index in [0.717, 1.165) is 12.6 Å². The Morgan fingerprint density at radius 2 is 1.89 bits per heavy atom. The Morgan fingerprint density at radius 1 is 1.29 bits per heavy atom. The molecule has 10 heteroatoms. The van der Waals surface area contributed by atoms with Gasteiger partial charge in [-0.1, -0.05) is 13.3 Å². The third-order valence-electron chi connectivity index (χ3n) is 4.56. The van der Waals surface area contributed by atoms with Gasteiger partial charge in [0.25, 0.3) is 0 Å². The molecule has 2 heterocycles. The number of allylic oxidation sites excluding steroid dienone is 2. The number of carbonyl (C=O) groups excluding carboxylic acids is 2. The first-order valence-corrected chi connectivity index (χ1v) is 8.84. The zero-order valence-corrected chi connectivity index (χ0v) is 16.6. The fourth-order valence-electron chi connectivity index (χ4n) is 3.14. The van der Waals surface area contributed by atoms with E-state index in [4.69, 9.17) is 9.47 Å². The van der Waals surface area contributed by atoms with Gasteiger partial charge in [0.1, 0.15) is 12.1 Å². The van der Waals surface area contributed by atoms with Crippen molar-refractivity contribution in [3.8, 4) is 0 Å². The minimum Gasteiger partial charge on any atom is -0.466 e. The van der Waals surface area contributed by atoms with Crippen LogP contribution in [0.25, 0.3) is 0 Å². The van der Waals surface area contributed by atoms with Crippen LogP contribution in [0.2, 0.25) is 0 Å². The highest BCUT2D eigenvalue weighted by Gasteiger charge is 2.42. The van der Waals surface area contributed by atoms with E-state index >= 15 is 0 Å². The molecule has 10 nitrogen and oxygen atoms in total. The van der Waals surface area contributed by atoms with Gasteiger partial charge < -0.3 is 24.9 Å². The molecule has 28 heavy (non-hydrogen) atoms. The van der Waals surface area contributed by atoms with E-state index in [0.29, 0.717) is 17.8 Å². The molecule has 0 fully saturated rings. The molecule has 1 aromatic heterocycles. The predicted octanol–water partition coefficient (Wildman–Crippen LogP) is 2.08. The van der Waals surface area contributed by atoms with Crippen molar-refractivity contribution in [2.24, 2.45) is 7.05 Å². The maximum absolute atomic E-state index is 12.8. The second kappa shape index (κ2) is 8.68. The minimum absolute atomic E-state index is 0.152. The smallest absolute Gasteiger partial charge is 0.342 e. The number of unbranched alkanes of at least 4 members (excludes halogenated alkanes) is 1. The molecule has 1 aromatic rings. The van der Waals surface area contributed by atoms with Crippen molar-refractivity contribution in [1.82, 2.24) is 14.9 Å². The number of imidazole rings is 1. The van der Waals surface area contributed by atoms with Crippen LogP contribution < -0.4 is 5.32 Å². The van der Waals surface area contributed by atoms with Crippen LogP contribution in [-0.4, -0.2) is 40.1 Å². The summed E-state index contributed by atoms with van der Waals surface area (Å²) in [7, 11) is 2.69. The molecule has 0 radical (unpaired) electrons. The first kappa shape index (κ1) is 21.1. The first-order chi connectivity index (χ1) is 13.2. The Labute approximate surface area is 162 Å². The van der Waals surface area contributed by atoms with Gasteiger partial charge in [-0.2, -0.15) is 0 Å². The van der Waals surface area contributed by atoms with Gasteiger partial charge in [0, 0.05) is 11.4 Å². The maximum atomic E-state index is 12.8.